The molecule has 2 unspecified atom stereocenters. The molecule has 2 aromatic carbocycles. The zero-order chi connectivity index (χ0) is 18.1. The molecule has 0 spiro atoms. The maximum atomic E-state index is 13.6. The molecule has 0 aromatic heterocycles. The van der Waals surface area contributed by atoms with Crippen LogP contribution in [0.5, 0.6) is 0 Å². The van der Waals surface area contributed by atoms with Gasteiger partial charge in [-0.3, -0.25) is 4.79 Å². The molecule has 2 aromatic rings. The number of benzene rings is 2. The quantitative estimate of drug-likeness (QED) is 0.890. The number of carbonyl (C=O) groups is 1. The first-order chi connectivity index (χ1) is 12.6. The molecule has 2 fully saturated rings. The summed E-state index contributed by atoms with van der Waals surface area (Å²) in [5, 5.41) is 15.2. The van der Waals surface area contributed by atoms with Crippen molar-refractivity contribution in [2.45, 2.75) is 24.5 Å². The molecule has 26 heavy (non-hydrogen) atoms. The number of amides is 1. The van der Waals surface area contributed by atoms with Crippen LogP contribution in [-0.4, -0.2) is 42.1 Å². The second-order valence-corrected chi connectivity index (χ2v) is 7.60. The van der Waals surface area contributed by atoms with Gasteiger partial charge in [0.2, 0.25) is 0 Å². The molecule has 1 saturated carbocycles. The molecule has 2 aliphatic rings. The van der Waals surface area contributed by atoms with Crippen LogP contribution in [0.3, 0.4) is 0 Å². The Balaban J connectivity index is 1.73. The highest BCUT2D eigenvalue weighted by Crippen LogP contribution is 2.39. The van der Waals surface area contributed by atoms with Crippen LogP contribution in [0.15, 0.2) is 60.7 Å². The van der Waals surface area contributed by atoms with Gasteiger partial charge >= 0.3 is 0 Å². The summed E-state index contributed by atoms with van der Waals surface area (Å²) in [4.78, 5) is 15.5. The van der Waals surface area contributed by atoms with Gasteiger partial charge in [-0.2, -0.15) is 0 Å². The highest BCUT2D eigenvalue weighted by molar-refractivity contribution is 5.90. The van der Waals surface area contributed by atoms with Crippen LogP contribution in [0.4, 0.5) is 0 Å². The molecule has 4 rings (SSSR count). The molecule has 4 nitrogen and oxygen atoms in total. The van der Waals surface area contributed by atoms with E-state index in [2.05, 4.69) is 5.32 Å². The van der Waals surface area contributed by atoms with Gasteiger partial charge in [-0.1, -0.05) is 60.7 Å². The molecule has 1 saturated heterocycles. The van der Waals surface area contributed by atoms with Gasteiger partial charge in [0.05, 0.1) is 0 Å². The molecule has 2 N–H and O–H groups in total. The summed E-state index contributed by atoms with van der Waals surface area (Å²) < 4.78 is 0. The van der Waals surface area contributed by atoms with Crippen LogP contribution in [0.1, 0.15) is 24.0 Å². The first-order valence-corrected chi connectivity index (χ1v) is 9.43. The number of hydrogen-bond acceptors (Lipinski definition) is 3. The van der Waals surface area contributed by atoms with Gasteiger partial charge < -0.3 is 15.3 Å². The summed E-state index contributed by atoms with van der Waals surface area (Å²) in [6.07, 6.45) is 2.30. The molecular weight excluding hydrogens is 324 g/mol. The number of hydrogen-bond donors (Lipinski definition) is 2. The summed E-state index contributed by atoms with van der Waals surface area (Å²) in [6, 6.07) is 18.8. The Kier molecular flexibility index (Phi) is 4.55. The van der Waals surface area contributed by atoms with Crippen molar-refractivity contribution in [2.75, 3.05) is 20.1 Å². The lowest BCUT2D eigenvalue weighted by molar-refractivity contribution is -0.151. The van der Waals surface area contributed by atoms with E-state index in [1.54, 1.807) is 0 Å². The van der Waals surface area contributed by atoms with E-state index in [0.29, 0.717) is 23.0 Å². The molecule has 2 atom stereocenters. The highest BCUT2D eigenvalue weighted by Gasteiger charge is 2.48. The summed E-state index contributed by atoms with van der Waals surface area (Å²) in [5.74, 6) is 0.704. The molecule has 1 aliphatic heterocycles. The minimum absolute atomic E-state index is 0.197. The lowest BCUT2D eigenvalue weighted by Gasteiger charge is -2.41. The number of aliphatic hydroxyl groups is 1. The van der Waals surface area contributed by atoms with Crippen LogP contribution >= 0.6 is 0 Å². The highest BCUT2D eigenvalue weighted by atomic mass is 16.3. The average molecular weight is 350 g/mol. The van der Waals surface area contributed by atoms with Crippen molar-refractivity contribution in [3.63, 3.8) is 0 Å². The van der Waals surface area contributed by atoms with Crippen molar-refractivity contribution >= 4 is 5.91 Å². The fourth-order valence-electron chi connectivity index (χ4n) is 4.85. The van der Waals surface area contributed by atoms with E-state index in [0.717, 1.165) is 25.9 Å². The van der Waals surface area contributed by atoms with Gasteiger partial charge in [0.1, 0.15) is 0 Å². The minimum atomic E-state index is -1.67. The number of piperidine rings is 1. The van der Waals surface area contributed by atoms with E-state index in [4.69, 9.17) is 0 Å². The third kappa shape index (κ3) is 2.74. The Bertz CT molecular complexity index is 707. The lowest BCUT2D eigenvalue weighted by Crippen LogP contribution is -2.56. The summed E-state index contributed by atoms with van der Waals surface area (Å²) in [5.41, 5.74) is -0.435. The van der Waals surface area contributed by atoms with Crippen molar-refractivity contribution in [3.05, 3.63) is 71.8 Å². The van der Waals surface area contributed by atoms with E-state index in [1.807, 2.05) is 72.6 Å². The predicted octanol–water partition coefficient (Wildman–Crippen LogP) is 2.38. The Hall–Kier alpha value is -2.17. The number of carbonyl (C=O) groups excluding carboxylic acids is 1. The maximum Gasteiger partial charge on any atom is 0.263 e. The SMILES string of the molecule is CN(C(=O)C(O)(c1ccccc1)c1ccccc1)C1C2CCC1CNC2. The standard InChI is InChI=1S/C22H26N2O2/c1-24(20-16-12-13-17(20)15-23-14-16)21(25)22(26,18-8-4-2-5-9-18)19-10-6-3-7-11-19/h2-11,16-17,20,23,26H,12-15H2,1H3. The fraction of sp³-hybridized carbons (Fsp3) is 0.409. The Labute approximate surface area is 154 Å². The van der Waals surface area contributed by atoms with Crippen LogP contribution in [0.2, 0.25) is 0 Å². The van der Waals surface area contributed by atoms with Crippen molar-refractivity contribution in [1.29, 1.82) is 0 Å². The smallest absolute Gasteiger partial charge is 0.263 e. The summed E-state index contributed by atoms with van der Waals surface area (Å²) >= 11 is 0. The van der Waals surface area contributed by atoms with Gasteiger partial charge in [0, 0.05) is 13.1 Å². The van der Waals surface area contributed by atoms with Gasteiger partial charge in [-0.25, -0.2) is 0 Å². The molecule has 4 heteroatoms. The Morgan fingerprint density at radius 2 is 1.42 bits per heavy atom. The molecule has 2 bridgehead atoms. The third-order valence-corrected chi connectivity index (χ3v) is 6.15. The predicted molar refractivity (Wildman–Crippen MR) is 102 cm³/mol. The van der Waals surface area contributed by atoms with Crippen LogP contribution in [0, 0.1) is 11.8 Å². The number of fused-ring (bicyclic) bond motifs is 2. The maximum absolute atomic E-state index is 13.6. The molecule has 1 heterocycles. The summed E-state index contributed by atoms with van der Waals surface area (Å²) in [7, 11) is 1.86. The zero-order valence-electron chi connectivity index (χ0n) is 15.1. The number of rotatable bonds is 4. The molecular formula is C22H26N2O2. The first kappa shape index (κ1) is 17.3. The number of nitrogens with one attached hydrogen (secondary N) is 1. The monoisotopic (exact) mass is 350 g/mol. The van der Waals surface area contributed by atoms with Crippen LogP contribution in [-0.2, 0) is 10.4 Å². The second kappa shape index (κ2) is 6.86. The van der Waals surface area contributed by atoms with E-state index in [9.17, 15) is 9.90 Å². The van der Waals surface area contributed by atoms with Crippen molar-refractivity contribution in [2.24, 2.45) is 11.8 Å². The molecule has 1 aliphatic carbocycles. The number of likely N-dealkylation sites (N-methyl/N-ethyl adjacent to an activating group) is 1. The van der Waals surface area contributed by atoms with Crippen molar-refractivity contribution in [3.8, 4) is 0 Å². The van der Waals surface area contributed by atoms with Crippen molar-refractivity contribution in [1.82, 2.24) is 10.2 Å². The van der Waals surface area contributed by atoms with Gasteiger partial charge in [0.15, 0.2) is 5.60 Å². The van der Waals surface area contributed by atoms with E-state index < -0.39 is 5.60 Å². The fourth-order valence-corrected chi connectivity index (χ4v) is 4.85. The van der Waals surface area contributed by atoms with Crippen LogP contribution in [0.25, 0.3) is 0 Å². The van der Waals surface area contributed by atoms with Crippen molar-refractivity contribution < 1.29 is 9.90 Å². The second-order valence-electron chi connectivity index (χ2n) is 7.60. The minimum Gasteiger partial charge on any atom is -0.372 e. The molecule has 136 valence electrons. The lowest BCUT2D eigenvalue weighted by atomic mass is 9.83. The van der Waals surface area contributed by atoms with Gasteiger partial charge in [-0.05, 0) is 48.9 Å². The molecule has 1 amide bonds. The topological polar surface area (TPSA) is 52.6 Å². The molecule has 0 radical (unpaired) electrons. The largest absolute Gasteiger partial charge is 0.372 e. The summed E-state index contributed by atoms with van der Waals surface area (Å²) in [6.45, 7) is 1.90. The van der Waals surface area contributed by atoms with E-state index in [1.165, 1.54) is 0 Å². The third-order valence-electron chi connectivity index (χ3n) is 6.15. The number of nitrogens with zero attached hydrogens (tertiary/aromatic N) is 1. The van der Waals surface area contributed by atoms with Gasteiger partial charge in [0.25, 0.3) is 5.91 Å². The van der Waals surface area contributed by atoms with Gasteiger partial charge in [-0.15, -0.1) is 0 Å². The van der Waals surface area contributed by atoms with Crippen LogP contribution < -0.4 is 5.32 Å². The Morgan fingerprint density at radius 1 is 0.962 bits per heavy atom. The zero-order valence-corrected chi connectivity index (χ0v) is 15.1. The first-order valence-electron chi connectivity index (χ1n) is 9.43. The van der Waals surface area contributed by atoms with E-state index in [-0.39, 0.29) is 11.9 Å². The van der Waals surface area contributed by atoms with E-state index >= 15 is 0 Å². The normalized spacial score (nSPS) is 25.1. The Morgan fingerprint density at radius 3 is 1.88 bits per heavy atom. The average Bonchev–Trinajstić information content (AvgIpc) is 2.95.